The van der Waals surface area contributed by atoms with Crippen molar-refractivity contribution in [3.05, 3.63) is 54.6 Å². The first-order valence-electron chi connectivity index (χ1n) is 10.3. The molecule has 5 rings (SSSR count). The standard InChI is InChI=1S/C23H25N3O3/c1-2-6-17(7-3-1)22-24-23(29-25-22)20-8-4-5-9-21(20)28-19-10-13-26(16-19)18-11-14-27-15-12-18/h1-9,18-19H,10-16H2. The van der Waals surface area contributed by atoms with E-state index in [2.05, 4.69) is 15.0 Å². The number of aromatic nitrogens is 2. The van der Waals surface area contributed by atoms with Crippen molar-refractivity contribution >= 4 is 0 Å². The van der Waals surface area contributed by atoms with E-state index in [1.165, 1.54) is 0 Å². The van der Waals surface area contributed by atoms with Crippen LogP contribution in [-0.2, 0) is 4.74 Å². The topological polar surface area (TPSA) is 60.6 Å². The van der Waals surface area contributed by atoms with Gasteiger partial charge in [-0.15, -0.1) is 0 Å². The normalized spacial score (nSPS) is 20.8. The minimum absolute atomic E-state index is 0.176. The van der Waals surface area contributed by atoms with E-state index in [9.17, 15) is 0 Å². The molecule has 2 aliphatic heterocycles. The van der Waals surface area contributed by atoms with Crippen molar-refractivity contribution in [2.45, 2.75) is 31.4 Å². The Morgan fingerprint density at radius 1 is 0.931 bits per heavy atom. The SMILES string of the molecule is c1ccc(-c2noc(-c3ccccc3OC3CCN(C4CCOCC4)C3)n2)cc1. The van der Waals surface area contributed by atoms with Crippen molar-refractivity contribution in [3.8, 4) is 28.6 Å². The third-order valence-electron chi connectivity index (χ3n) is 5.75. The summed E-state index contributed by atoms with van der Waals surface area (Å²) in [6, 6.07) is 18.4. The molecule has 29 heavy (non-hydrogen) atoms. The van der Waals surface area contributed by atoms with Gasteiger partial charge in [-0.1, -0.05) is 47.6 Å². The molecular formula is C23H25N3O3. The van der Waals surface area contributed by atoms with Crippen LogP contribution < -0.4 is 4.74 Å². The van der Waals surface area contributed by atoms with Crippen molar-refractivity contribution in [1.29, 1.82) is 0 Å². The van der Waals surface area contributed by atoms with E-state index in [0.29, 0.717) is 17.8 Å². The van der Waals surface area contributed by atoms with Gasteiger partial charge in [0.1, 0.15) is 11.9 Å². The van der Waals surface area contributed by atoms with Gasteiger partial charge in [-0.2, -0.15) is 4.98 Å². The van der Waals surface area contributed by atoms with Crippen molar-refractivity contribution in [3.63, 3.8) is 0 Å². The van der Waals surface area contributed by atoms with E-state index < -0.39 is 0 Å². The number of para-hydroxylation sites is 1. The fourth-order valence-electron chi connectivity index (χ4n) is 4.20. The zero-order valence-electron chi connectivity index (χ0n) is 16.4. The molecule has 1 atom stereocenters. The Kier molecular flexibility index (Phi) is 5.28. The Hall–Kier alpha value is -2.70. The quantitative estimate of drug-likeness (QED) is 0.654. The molecule has 3 heterocycles. The zero-order chi connectivity index (χ0) is 19.5. The molecule has 2 aromatic carbocycles. The fourth-order valence-corrected chi connectivity index (χ4v) is 4.20. The highest BCUT2D eigenvalue weighted by Gasteiger charge is 2.31. The molecule has 0 spiro atoms. The lowest BCUT2D eigenvalue weighted by Gasteiger charge is -2.30. The van der Waals surface area contributed by atoms with Crippen LogP contribution in [-0.4, -0.2) is 53.5 Å². The minimum atomic E-state index is 0.176. The summed E-state index contributed by atoms with van der Waals surface area (Å²) in [6.45, 7) is 3.78. The molecule has 6 nitrogen and oxygen atoms in total. The van der Waals surface area contributed by atoms with Gasteiger partial charge in [0, 0.05) is 37.9 Å². The van der Waals surface area contributed by atoms with Gasteiger partial charge < -0.3 is 14.0 Å². The van der Waals surface area contributed by atoms with E-state index >= 15 is 0 Å². The molecule has 0 saturated carbocycles. The molecule has 2 fully saturated rings. The molecule has 150 valence electrons. The van der Waals surface area contributed by atoms with Crippen molar-refractivity contribution in [2.24, 2.45) is 0 Å². The molecule has 0 aliphatic carbocycles. The van der Waals surface area contributed by atoms with Gasteiger partial charge in [-0.25, -0.2) is 0 Å². The molecule has 1 unspecified atom stereocenters. The molecule has 0 amide bonds. The average molecular weight is 391 g/mol. The first-order chi connectivity index (χ1) is 14.4. The van der Waals surface area contributed by atoms with Gasteiger partial charge in [0.2, 0.25) is 5.82 Å². The van der Waals surface area contributed by atoms with Crippen LogP contribution in [0.25, 0.3) is 22.8 Å². The lowest BCUT2D eigenvalue weighted by Crippen LogP contribution is -2.38. The van der Waals surface area contributed by atoms with Crippen LogP contribution in [0.4, 0.5) is 0 Å². The third kappa shape index (κ3) is 4.04. The molecule has 0 N–H and O–H groups in total. The summed E-state index contributed by atoms with van der Waals surface area (Å²) < 4.78 is 17.5. The molecule has 1 aromatic heterocycles. The summed E-state index contributed by atoms with van der Waals surface area (Å²) >= 11 is 0. The lowest BCUT2D eigenvalue weighted by atomic mass is 10.1. The van der Waals surface area contributed by atoms with Crippen molar-refractivity contribution in [1.82, 2.24) is 15.0 Å². The van der Waals surface area contributed by atoms with Gasteiger partial charge in [-0.05, 0) is 31.4 Å². The predicted octanol–water partition coefficient (Wildman–Crippen LogP) is 4.04. The van der Waals surface area contributed by atoms with E-state index in [1.54, 1.807) is 0 Å². The number of ether oxygens (including phenoxy) is 2. The van der Waals surface area contributed by atoms with Crippen LogP contribution in [0.15, 0.2) is 59.1 Å². The zero-order valence-corrected chi connectivity index (χ0v) is 16.4. The molecule has 2 aliphatic rings. The highest BCUT2D eigenvalue weighted by atomic mass is 16.5. The Labute approximate surface area is 170 Å². The van der Waals surface area contributed by atoms with Gasteiger partial charge in [0.15, 0.2) is 0 Å². The maximum atomic E-state index is 6.40. The van der Waals surface area contributed by atoms with Crippen LogP contribution in [0, 0.1) is 0 Å². The Balaban J connectivity index is 1.31. The predicted molar refractivity (Wildman–Crippen MR) is 110 cm³/mol. The van der Waals surface area contributed by atoms with Crippen LogP contribution in [0.1, 0.15) is 19.3 Å². The van der Waals surface area contributed by atoms with E-state index in [4.69, 9.17) is 14.0 Å². The summed E-state index contributed by atoms with van der Waals surface area (Å²) in [7, 11) is 0. The fraction of sp³-hybridized carbons (Fsp3) is 0.391. The summed E-state index contributed by atoms with van der Waals surface area (Å²) in [4.78, 5) is 7.14. The van der Waals surface area contributed by atoms with Crippen LogP contribution in [0.3, 0.4) is 0 Å². The number of hydrogen-bond acceptors (Lipinski definition) is 6. The Morgan fingerprint density at radius 2 is 1.72 bits per heavy atom. The summed E-state index contributed by atoms with van der Waals surface area (Å²) in [5.74, 6) is 1.87. The summed E-state index contributed by atoms with van der Waals surface area (Å²) in [5, 5.41) is 4.15. The molecule has 3 aromatic rings. The van der Waals surface area contributed by atoms with Gasteiger partial charge in [0.25, 0.3) is 5.89 Å². The van der Waals surface area contributed by atoms with Gasteiger partial charge in [0.05, 0.1) is 5.56 Å². The molecule has 0 radical (unpaired) electrons. The minimum Gasteiger partial charge on any atom is -0.488 e. The average Bonchev–Trinajstić information content (AvgIpc) is 3.46. The van der Waals surface area contributed by atoms with E-state index in [0.717, 1.165) is 62.4 Å². The van der Waals surface area contributed by atoms with E-state index in [1.807, 2.05) is 54.6 Å². The Bertz CT molecular complexity index is 937. The molecule has 2 saturated heterocycles. The molecule has 0 bridgehead atoms. The maximum Gasteiger partial charge on any atom is 0.262 e. The monoisotopic (exact) mass is 391 g/mol. The molecule has 6 heteroatoms. The summed E-state index contributed by atoms with van der Waals surface area (Å²) in [6.07, 6.45) is 3.45. The Morgan fingerprint density at radius 3 is 2.59 bits per heavy atom. The number of hydrogen-bond donors (Lipinski definition) is 0. The van der Waals surface area contributed by atoms with Crippen LogP contribution >= 0.6 is 0 Å². The number of nitrogens with zero attached hydrogens (tertiary/aromatic N) is 3. The maximum absolute atomic E-state index is 6.40. The second-order valence-electron chi connectivity index (χ2n) is 7.65. The van der Waals surface area contributed by atoms with Gasteiger partial charge >= 0.3 is 0 Å². The van der Waals surface area contributed by atoms with E-state index in [-0.39, 0.29) is 6.10 Å². The first-order valence-corrected chi connectivity index (χ1v) is 10.3. The van der Waals surface area contributed by atoms with Crippen LogP contribution in [0.2, 0.25) is 0 Å². The molecular weight excluding hydrogens is 366 g/mol. The number of likely N-dealkylation sites (tertiary alicyclic amines) is 1. The second-order valence-corrected chi connectivity index (χ2v) is 7.65. The smallest absolute Gasteiger partial charge is 0.262 e. The highest BCUT2D eigenvalue weighted by Crippen LogP contribution is 2.32. The lowest BCUT2D eigenvalue weighted by molar-refractivity contribution is 0.0388. The van der Waals surface area contributed by atoms with Gasteiger partial charge in [-0.3, -0.25) is 4.90 Å². The van der Waals surface area contributed by atoms with Crippen molar-refractivity contribution in [2.75, 3.05) is 26.3 Å². The third-order valence-corrected chi connectivity index (χ3v) is 5.75. The highest BCUT2D eigenvalue weighted by molar-refractivity contribution is 5.65. The summed E-state index contributed by atoms with van der Waals surface area (Å²) in [5.41, 5.74) is 1.77. The second kappa shape index (κ2) is 8.35. The largest absolute Gasteiger partial charge is 0.488 e. The number of benzene rings is 2. The first kappa shape index (κ1) is 18.3. The van der Waals surface area contributed by atoms with Crippen molar-refractivity contribution < 1.29 is 14.0 Å². The number of rotatable bonds is 5. The van der Waals surface area contributed by atoms with Crippen LogP contribution in [0.5, 0.6) is 5.75 Å².